The van der Waals surface area contributed by atoms with Gasteiger partial charge in [0.2, 0.25) is 5.91 Å². The fourth-order valence-electron chi connectivity index (χ4n) is 1.16. The van der Waals surface area contributed by atoms with Gasteiger partial charge in [0.25, 0.3) is 0 Å². The molecular formula is C15H13Cl2F6NO3. The Kier molecular flexibility index (Phi) is 8.32. The van der Waals surface area contributed by atoms with Crippen molar-refractivity contribution in [1.29, 1.82) is 0 Å². The van der Waals surface area contributed by atoms with Crippen molar-refractivity contribution in [2.45, 2.75) is 33.1 Å². The van der Waals surface area contributed by atoms with Crippen LogP contribution in [0.15, 0.2) is 18.2 Å². The molecule has 0 saturated heterocycles. The van der Waals surface area contributed by atoms with Crippen molar-refractivity contribution in [2.24, 2.45) is 5.41 Å². The van der Waals surface area contributed by atoms with E-state index >= 15 is 0 Å². The molecule has 1 aromatic carbocycles. The lowest BCUT2D eigenvalue weighted by molar-refractivity contribution is -0.193. The highest BCUT2D eigenvalue weighted by Crippen LogP contribution is 2.27. The average Bonchev–Trinajstić information content (AvgIpc) is 2.47. The van der Waals surface area contributed by atoms with Crippen molar-refractivity contribution in [3.05, 3.63) is 28.2 Å². The number of amides is 1. The Morgan fingerprint density at radius 2 is 1.26 bits per heavy atom. The third-order valence-electron chi connectivity index (χ3n) is 2.58. The summed E-state index contributed by atoms with van der Waals surface area (Å²) in [6, 6.07) is 4.96. The quantitative estimate of drug-likeness (QED) is 0.507. The zero-order chi connectivity index (χ0) is 21.8. The molecule has 27 heavy (non-hydrogen) atoms. The molecule has 0 fully saturated rings. The van der Waals surface area contributed by atoms with E-state index in [1.165, 1.54) is 0 Å². The highest BCUT2D eigenvalue weighted by molar-refractivity contribution is 6.41. The molecule has 0 saturated carbocycles. The van der Waals surface area contributed by atoms with Crippen LogP contribution in [0.2, 0.25) is 10.0 Å². The van der Waals surface area contributed by atoms with Crippen LogP contribution in [0.3, 0.4) is 0 Å². The summed E-state index contributed by atoms with van der Waals surface area (Å²) >= 11 is 11.7. The number of halogens is 8. The first-order valence-electron chi connectivity index (χ1n) is 6.86. The first-order chi connectivity index (χ1) is 11.9. The molecule has 0 bridgehead atoms. The minimum absolute atomic E-state index is 0.0910. The van der Waals surface area contributed by atoms with E-state index in [0.717, 1.165) is 0 Å². The second-order valence-corrected chi connectivity index (χ2v) is 6.83. The van der Waals surface area contributed by atoms with E-state index in [9.17, 15) is 40.7 Å². The summed E-state index contributed by atoms with van der Waals surface area (Å²) in [7, 11) is 0. The highest BCUT2D eigenvalue weighted by Gasteiger charge is 2.54. The topological polar surface area (TPSA) is 63.2 Å². The zero-order valence-corrected chi connectivity index (χ0v) is 15.5. The van der Waals surface area contributed by atoms with Crippen LogP contribution in [0.4, 0.5) is 32.0 Å². The van der Waals surface area contributed by atoms with Crippen molar-refractivity contribution in [3.63, 3.8) is 0 Å². The van der Waals surface area contributed by atoms with Gasteiger partial charge in [0, 0.05) is 10.4 Å². The smallest absolute Gasteiger partial charge is 0.324 e. The fourth-order valence-corrected chi connectivity index (χ4v) is 1.50. The number of nitrogens with one attached hydrogen (secondary N) is 1. The van der Waals surface area contributed by atoms with Gasteiger partial charge in [-0.1, -0.05) is 44.0 Å². The van der Waals surface area contributed by atoms with E-state index in [4.69, 9.17) is 23.2 Å². The summed E-state index contributed by atoms with van der Waals surface area (Å²) in [6.45, 7) is 5.50. The number of carbonyl (C=O) groups is 3. The van der Waals surface area contributed by atoms with Crippen LogP contribution in [0, 0.1) is 5.41 Å². The number of hydrogen-bond donors (Lipinski definition) is 1. The van der Waals surface area contributed by atoms with Gasteiger partial charge in [0.05, 0.1) is 10.7 Å². The molecule has 0 unspecified atom stereocenters. The molecule has 0 aromatic heterocycles. The van der Waals surface area contributed by atoms with Crippen LogP contribution in [0.1, 0.15) is 20.8 Å². The maximum absolute atomic E-state index is 11.7. The fraction of sp³-hybridized carbons (Fsp3) is 0.400. The van der Waals surface area contributed by atoms with Gasteiger partial charge in [-0.2, -0.15) is 26.3 Å². The molecule has 1 rings (SSSR count). The molecule has 152 valence electrons. The summed E-state index contributed by atoms with van der Waals surface area (Å²) in [6.07, 6.45) is -11.5. The van der Waals surface area contributed by atoms with E-state index in [1.807, 2.05) is 20.8 Å². The van der Waals surface area contributed by atoms with Gasteiger partial charge in [-0.15, -0.1) is 0 Å². The van der Waals surface area contributed by atoms with Gasteiger partial charge in [-0.3, -0.25) is 14.4 Å². The van der Waals surface area contributed by atoms with Crippen molar-refractivity contribution in [3.8, 4) is 0 Å². The Morgan fingerprint density at radius 1 is 0.852 bits per heavy atom. The molecule has 1 N–H and O–H groups in total. The van der Waals surface area contributed by atoms with E-state index in [0.29, 0.717) is 15.7 Å². The molecule has 0 heterocycles. The standard InChI is InChI=1S/C11H13Cl2NO.C4F6O2/c1-11(2,3)10(15)14-9-6-7(12)4-5-8(9)13;5-3(6,7)1(11)2(12)4(8,9)10/h4-6H,1-3H3,(H,14,15);. The Balaban J connectivity index is 0.000000516. The number of ketones is 2. The van der Waals surface area contributed by atoms with Crippen LogP contribution in [-0.4, -0.2) is 29.8 Å². The first kappa shape index (κ1) is 25.2. The van der Waals surface area contributed by atoms with Gasteiger partial charge in [0.15, 0.2) is 0 Å². The predicted octanol–water partition coefficient (Wildman–Crippen LogP) is 5.23. The molecule has 1 amide bonds. The van der Waals surface area contributed by atoms with Crippen LogP contribution in [0.25, 0.3) is 0 Å². The number of anilines is 1. The lowest BCUT2D eigenvalue weighted by Gasteiger charge is -2.18. The average molecular weight is 440 g/mol. The number of hydrogen-bond acceptors (Lipinski definition) is 3. The molecule has 4 nitrogen and oxygen atoms in total. The third kappa shape index (κ3) is 8.61. The normalized spacial score (nSPS) is 12.0. The van der Waals surface area contributed by atoms with E-state index < -0.39 is 29.3 Å². The van der Waals surface area contributed by atoms with Crippen molar-refractivity contribution in [1.82, 2.24) is 0 Å². The number of Topliss-reactive ketones (excluding diaryl/α,β-unsaturated/α-hetero) is 2. The number of rotatable bonds is 2. The largest absolute Gasteiger partial charge is 0.458 e. The lowest BCUT2D eigenvalue weighted by atomic mass is 9.95. The molecule has 0 atom stereocenters. The van der Waals surface area contributed by atoms with Crippen molar-refractivity contribution >= 4 is 46.4 Å². The number of alkyl halides is 6. The van der Waals surface area contributed by atoms with Crippen LogP contribution >= 0.6 is 23.2 Å². The van der Waals surface area contributed by atoms with Gasteiger partial charge in [-0.05, 0) is 18.2 Å². The van der Waals surface area contributed by atoms with E-state index in [2.05, 4.69) is 5.32 Å². The summed E-state index contributed by atoms with van der Waals surface area (Å²) in [4.78, 5) is 30.9. The van der Waals surface area contributed by atoms with Gasteiger partial charge in [-0.25, -0.2) is 0 Å². The predicted molar refractivity (Wildman–Crippen MR) is 86.7 cm³/mol. The molecule has 12 heteroatoms. The minimum atomic E-state index is -5.77. The van der Waals surface area contributed by atoms with Crippen molar-refractivity contribution in [2.75, 3.05) is 5.32 Å². The monoisotopic (exact) mass is 439 g/mol. The maximum Gasteiger partial charge on any atom is 0.458 e. The molecule has 0 spiro atoms. The second kappa shape index (κ2) is 8.92. The molecule has 1 aromatic rings. The highest BCUT2D eigenvalue weighted by atomic mass is 35.5. The van der Waals surface area contributed by atoms with Gasteiger partial charge >= 0.3 is 23.9 Å². The van der Waals surface area contributed by atoms with Crippen LogP contribution < -0.4 is 5.32 Å². The molecule has 0 aliphatic rings. The Bertz CT molecular complexity index is 700. The van der Waals surface area contributed by atoms with Crippen molar-refractivity contribution < 1.29 is 40.7 Å². The summed E-state index contributed by atoms with van der Waals surface area (Å²) < 4.78 is 67.0. The first-order valence-corrected chi connectivity index (χ1v) is 7.62. The Hall–Kier alpha value is -1.81. The van der Waals surface area contributed by atoms with Crippen LogP contribution in [0.5, 0.6) is 0 Å². The van der Waals surface area contributed by atoms with Gasteiger partial charge < -0.3 is 5.32 Å². The van der Waals surface area contributed by atoms with E-state index in [1.54, 1.807) is 18.2 Å². The lowest BCUT2D eigenvalue weighted by Crippen LogP contribution is -2.39. The SMILES string of the molecule is CC(C)(C)C(=O)Nc1cc(Cl)ccc1Cl.O=C(C(=O)C(F)(F)F)C(F)(F)F. The third-order valence-corrected chi connectivity index (χ3v) is 3.14. The Labute approximate surface area is 159 Å². The summed E-state index contributed by atoms with van der Waals surface area (Å²) in [5, 5.41) is 3.76. The summed E-state index contributed by atoms with van der Waals surface area (Å²) in [5.41, 5.74) is 0.0927. The molecule has 0 aliphatic heterocycles. The number of carbonyl (C=O) groups excluding carboxylic acids is 3. The molecular weight excluding hydrogens is 427 g/mol. The maximum atomic E-state index is 11.7. The van der Waals surface area contributed by atoms with Gasteiger partial charge in [0.1, 0.15) is 0 Å². The zero-order valence-electron chi connectivity index (χ0n) is 14.0. The molecule has 0 aliphatic carbocycles. The second-order valence-electron chi connectivity index (χ2n) is 5.98. The number of benzene rings is 1. The van der Waals surface area contributed by atoms with Crippen LogP contribution in [-0.2, 0) is 14.4 Å². The Morgan fingerprint density at radius 3 is 1.59 bits per heavy atom. The summed E-state index contributed by atoms with van der Waals surface area (Å²) in [5.74, 6) is -6.91. The molecule has 0 radical (unpaired) electrons. The van der Waals surface area contributed by atoms with E-state index in [-0.39, 0.29) is 5.91 Å². The minimum Gasteiger partial charge on any atom is -0.324 e.